The second-order valence-corrected chi connectivity index (χ2v) is 3.54. The van der Waals surface area contributed by atoms with Crippen molar-refractivity contribution in [2.24, 2.45) is 0 Å². The van der Waals surface area contributed by atoms with Crippen LogP contribution < -0.4 is 0 Å². The van der Waals surface area contributed by atoms with Crippen LogP contribution in [-0.2, 0) is 17.1 Å². The zero-order valence-electron chi connectivity index (χ0n) is 7.42. The van der Waals surface area contributed by atoms with Gasteiger partial charge in [-0.3, -0.25) is 0 Å². The van der Waals surface area contributed by atoms with Crippen molar-refractivity contribution >= 4 is 0 Å². The minimum absolute atomic E-state index is 0. The van der Waals surface area contributed by atoms with Crippen molar-refractivity contribution in [1.82, 2.24) is 0 Å². The summed E-state index contributed by atoms with van der Waals surface area (Å²) in [5.74, 6) is 0. The predicted octanol–water partition coefficient (Wildman–Crippen LogP) is 4.53. The smallest absolute Gasteiger partial charge is 0 e. The van der Waals surface area contributed by atoms with Crippen LogP contribution >= 0.6 is 0 Å². The van der Waals surface area contributed by atoms with Crippen molar-refractivity contribution in [1.29, 1.82) is 0 Å². The number of hydrogen-bond donors (Lipinski definition) is 0. The maximum atomic E-state index is 1.50. The molecule has 0 radical (unpaired) electrons. The Kier molecular flexibility index (Phi) is 14.4. The van der Waals surface area contributed by atoms with Crippen LogP contribution in [0.3, 0.4) is 0 Å². The van der Waals surface area contributed by atoms with E-state index in [1.54, 1.807) is 0 Å². The van der Waals surface area contributed by atoms with E-state index < -0.39 is 0 Å². The molecule has 0 aromatic rings. The van der Waals surface area contributed by atoms with Crippen LogP contribution in [0.15, 0.2) is 0 Å². The quantitative estimate of drug-likeness (QED) is 0.517. The van der Waals surface area contributed by atoms with E-state index in [2.05, 4.69) is 0 Å². The van der Waals surface area contributed by atoms with E-state index in [4.69, 9.17) is 0 Å². The van der Waals surface area contributed by atoms with Gasteiger partial charge >= 0.3 is 0 Å². The fourth-order valence-corrected chi connectivity index (χ4v) is 1.77. The van der Waals surface area contributed by atoms with Gasteiger partial charge in [-0.25, -0.2) is 0 Å². The maximum Gasteiger partial charge on any atom is 0 e. The molecule has 2 fully saturated rings. The summed E-state index contributed by atoms with van der Waals surface area (Å²) in [6.45, 7) is 0. The van der Waals surface area contributed by atoms with Crippen LogP contribution in [0, 0.1) is 0 Å². The van der Waals surface area contributed by atoms with Gasteiger partial charge in [-0.1, -0.05) is 71.6 Å². The van der Waals surface area contributed by atoms with Crippen molar-refractivity contribution in [3.8, 4) is 0 Å². The summed E-state index contributed by atoms with van der Waals surface area (Å²) in [5.41, 5.74) is 0. The van der Waals surface area contributed by atoms with Gasteiger partial charge in [-0.2, -0.15) is 0 Å². The normalized spacial score (nSPS) is 20.0. The molecule has 0 N–H and O–H groups in total. The average Bonchev–Trinajstić information content (AvgIpc) is 2.67. The molecule has 0 nitrogen and oxygen atoms in total. The standard InChI is InChI=1S/2C5H10.CH4.Fe/c2*1-2-4-5-3-1;;/h2*1-5H2;1H4;. The molecule has 0 aromatic carbocycles. The first kappa shape index (κ1) is 15.0. The molecule has 0 saturated heterocycles. The van der Waals surface area contributed by atoms with Crippen LogP contribution in [-0.4, -0.2) is 0 Å². The Morgan fingerprint density at radius 3 is 0.500 bits per heavy atom. The minimum Gasteiger partial charge on any atom is -0.0776 e. The summed E-state index contributed by atoms with van der Waals surface area (Å²) < 4.78 is 0. The Bertz CT molecular complexity index is 38.2. The monoisotopic (exact) mass is 212 g/mol. The Balaban J connectivity index is 0. The van der Waals surface area contributed by atoms with Crippen molar-refractivity contribution in [2.75, 3.05) is 0 Å². The van der Waals surface area contributed by atoms with E-state index in [-0.39, 0.29) is 24.5 Å². The molecule has 2 aliphatic carbocycles. The first-order valence-electron chi connectivity index (χ1n) is 5.00. The summed E-state index contributed by atoms with van der Waals surface area (Å²) >= 11 is 0. The van der Waals surface area contributed by atoms with Crippen molar-refractivity contribution in [3.05, 3.63) is 0 Å². The van der Waals surface area contributed by atoms with Gasteiger partial charge in [-0.05, 0) is 0 Å². The van der Waals surface area contributed by atoms with E-state index in [9.17, 15) is 0 Å². The molecule has 0 spiro atoms. The number of hydrogen-bond acceptors (Lipinski definition) is 0. The second-order valence-electron chi connectivity index (χ2n) is 3.54. The molecular weight excluding hydrogens is 188 g/mol. The fraction of sp³-hybridized carbons (Fsp3) is 1.00. The van der Waals surface area contributed by atoms with Crippen LogP contribution in [0.1, 0.15) is 71.6 Å². The third-order valence-electron chi connectivity index (χ3n) is 2.50. The van der Waals surface area contributed by atoms with Crippen molar-refractivity contribution in [2.45, 2.75) is 71.6 Å². The van der Waals surface area contributed by atoms with Gasteiger partial charge in [0, 0.05) is 17.1 Å². The van der Waals surface area contributed by atoms with E-state index in [1.807, 2.05) is 0 Å². The van der Waals surface area contributed by atoms with Gasteiger partial charge in [0.2, 0.25) is 0 Å². The average molecular weight is 212 g/mol. The molecule has 0 bridgehead atoms. The van der Waals surface area contributed by atoms with Crippen LogP contribution in [0.4, 0.5) is 0 Å². The summed E-state index contributed by atoms with van der Waals surface area (Å²) in [5, 5.41) is 0. The summed E-state index contributed by atoms with van der Waals surface area (Å²) in [6, 6.07) is 0. The molecule has 0 amide bonds. The van der Waals surface area contributed by atoms with Crippen LogP contribution in [0.5, 0.6) is 0 Å². The minimum atomic E-state index is 0. The van der Waals surface area contributed by atoms with Gasteiger partial charge in [-0.15, -0.1) is 0 Å². The molecule has 76 valence electrons. The largest absolute Gasteiger partial charge is 0.0776 e. The third kappa shape index (κ3) is 8.61. The van der Waals surface area contributed by atoms with Crippen LogP contribution in [0.2, 0.25) is 0 Å². The first-order valence-corrected chi connectivity index (χ1v) is 5.00. The molecule has 0 aromatic heterocycles. The van der Waals surface area contributed by atoms with E-state index >= 15 is 0 Å². The van der Waals surface area contributed by atoms with Crippen molar-refractivity contribution in [3.63, 3.8) is 0 Å². The molecule has 0 atom stereocenters. The zero-order valence-corrected chi connectivity index (χ0v) is 8.53. The Hall–Kier alpha value is 0.519. The Morgan fingerprint density at radius 2 is 0.417 bits per heavy atom. The Labute approximate surface area is 89.0 Å². The van der Waals surface area contributed by atoms with Gasteiger partial charge in [0.05, 0.1) is 0 Å². The molecule has 2 aliphatic rings. The van der Waals surface area contributed by atoms with E-state index in [0.29, 0.717) is 0 Å². The van der Waals surface area contributed by atoms with Crippen molar-refractivity contribution < 1.29 is 17.1 Å². The molecular formula is C11H24Fe. The maximum absolute atomic E-state index is 1.50. The second kappa shape index (κ2) is 11.5. The van der Waals surface area contributed by atoms with Gasteiger partial charge in [0.25, 0.3) is 0 Å². The predicted molar refractivity (Wildman–Crippen MR) is 52.9 cm³/mol. The molecule has 0 heterocycles. The molecule has 2 rings (SSSR count). The fourth-order valence-electron chi connectivity index (χ4n) is 1.77. The van der Waals surface area contributed by atoms with Gasteiger partial charge in [0.1, 0.15) is 0 Å². The SMILES string of the molecule is C.C1CCCC1.C1CCCC1.[Fe]. The first-order chi connectivity index (χ1) is 5.00. The summed E-state index contributed by atoms with van der Waals surface area (Å²) in [4.78, 5) is 0. The Morgan fingerprint density at radius 1 is 0.333 bits per heavy atom. The topological polar surface area (TPSA) is 0 Å². The molecule has 2 saturated carbocycles. The molecule has 0 unspecified atom stereocenters. The molecule has 12 heavy (non-hydrogen) atoms. The third-order valence-corrected chi connectivity index (χ3v) is 2.50. The van der Waals surface area contributed by atoms with Gasteiger partial charge in [0.15, 0.2) is 0 Å². The molecule has 0 aliphatic heterocycles. The van der Waals surface area contributed by atoms with E-state index in [0.717, 1.165) is 0 Å². The van der Waals surface area contributed by atoms with Crippen LogP contribution in [0.25, 0.3) is 0 Å². The number of rotatable bonds is 0. The summed E-state index contributed by atoms with van der Waals surface area (Å²) in [6.07, 6.45) is 15.0. The zero-order chi connectivity index (χ0) is 7.07. The summed E-state index contributed by atoms with van der Waals surface area (Å²) in [7, 11) is 0. The van der Waals surface area contributed by atoms with E-state index in [1.165, 1.54) is 64.2 Å². The van der Waals surface area contributed by atoms with Gasteiger partial charge < -0.3 is 0 Å². The molecule has 1 heteroatoms.